The predicted molar refractivity (Wildman–Crippen MR) is 341 cm³/mol. The smallest absolute Gasteiger partial charge is 0.533 e. The van der Waals surface area contributed by atoms with Gasteiger partial charge in [0.1, 0.15) is 44.9 Å². The van der Waals surface area contributed by atoms with E-state index < -0.39 is 40.0 Å². The van der Waals surface area contributed by atoms with Crippen LogP contribution in [0.25, 0.3) is 0 Å². The molecule has 81 heavy (non-hydrogen) atoms. The number of phenolic OH excluding ortho intramolecular Hbond substituents is 4. The fourth-order valence-electron chi connectivity index (χ4n) is 5.69. The van der Waals surface area contributed by atoms with E-state index in [0.717, 1.165) is 24.1 Å². The number of halogens is 4. The monoisotopic (exact) mass is 1260 g/mol. The minimum Gasteiger partial charge on any atom is -0.533 e. The number of esters is 2. The Morgan fingerprint density at radius 2 is 0.802 bits per heavy atom. The normalized spacial score (nSPS) is 10.8. The molecule has 7 rings (SSSR count). The second-order valence-electron chi connectivity index (χ2n) is 19.0. The quantitative estimate of drug-likeness (QED) is 0.0199. The zero-order valence-electron chi connectivity index (χ0n) is 49.2. The molecule has 1 aliphatic heterocycles. The summed E-state index contributed by atoms with van der Waals surface area (Å²) in [5.74, 6) is 1.32. The number of hydrogen-bond acceptors (Lipinski definition) is 10. The van der Waals surface area contributed by atoms with Crippen LogP contribution in [0.5, 0.6) is 34.5 Å². The van der Waals surface area contributed by atoms with E-state index in [9.17, 15) is 24.6 Å². The fourth-order valence-corrected chi connectivity index (χ4v) is 10.6. The van der Waals surface area contributed by atoms with Crippen LogP contribution in [-0.2, 0) is 19.1 Å². The van der Waals surface area contributed by atoms with Gasteiger partial charge in [-0.1, -0.05) is 144 Å². The molecule has 0 amide bonds. The van der Waals surface area contributed by atoms with Crippen LogP contribution < -0.4 is 67.9 Å². The first-order valence-corrected chi connectivity index (χ1v) is 37.3. The molecule has 0 bridgehead atoms. The third-order valence-electron chi connectivity index (χ3n) is 10.5. The van der Waals surface area contributed by atoms with Crippen molar-refractivity contribution in [2.24, 2.45) is 0 Å². The molecule has 0 atom stereocenters. The molecule has 0 unspecified atom stereocenters. The summed E-state index contributed by atoms with van der Waals surface area (Å²) in [5, 5.41) is 40.4. The number of carbonyl (C=O) groups excluding carboxylic acids is 3. The Balaban J connectivity index is -0.000000958. The van der Waals surface area contributed by atoms with Gasteiger partial charge in [-0.15, -0.1) is 34.3 Å². The van der Waals surface area contributed by atoms with Crippen molar-refractivity contribution in [2.75, 3.05) is 13.2 Å². The standard InChI is InChI=1S/C22H24O4Si.C14H16O2Si.C6H5BrO.C6H5O.C4H5ClO.C4H8O.C4H9.C2H6Cl2Si.2Li/c1-15(2)21(23)25-17-7-11-19(12-8-17)27(5,6)20-13-9-18(10-14-20)26-22(24)16(3)4;1-17(2,13-7-3-11(15)4-8-13)14-9-5-12(16)6-10-14;7-5-1-3-6(8)4-2-5;7-6-4-2-1-3-5-6;1-3(2)4(5)6;1-2-4-5-3-1;1-3-4-2;1-5(2,3)4;;/h7-14H,1,3H2,2,4-6H3;3-10,15-16H,1-2H3;1-4,8H;2-5,7H;1H2,2H3;1-4H2;1,3-4H2,2H3;1-2H3;;/q;;;-1;;;-1;;2*+1. The van der Waals surface area contributed by atoms with Gasteiger partial charge in [0, 0.05) is 40.2 Å². The molecular formula is C62H78BrCl3Li2O10Si3. The average molecular weight is 1270 g/mol. The Morgan fingerprint density at radius 1 is 0.556 bits per heavy atom. The number of ether oxygens (including phenoxy) is 3. The van der Waals surface area contributed by atoms with Gasteiger partial charge in [-0.05, 0) is 131 Å². The predicted octanol–water partition coefficient (Wildman–Crippen LogP) is 8.66. The molecule has 1 heterocycles. The molecule has 1 saturated heterocycles. The van der Waals surface area contributed by atoms with Gasteiger partial charge in [-0.3, -0.25) is 4.79 Å². The molecule has 10 nitrogen and oxygen atoms in total. The first-order valence-electron chi connectivity index (χ1n) is 25.1. The molecule has 6 aromatic carbocycles. The first-order chi connectivity index (χ1) is 36.8. The van der Waals surface area contributed by atoms with E-state index in [-0.39, 0.29) is 37.7 Å². The van der Waals surface area contributed by atoms with E-state index in [0.29, 0.717) is 51.2 Å². The number of aromatic hydroxyl groups is 4. The summed E-state index contributed by atoms with van der Waals surface area (Å²) in [6.07, 6.45) is 4.83. The minimum absolute atomic E-state index is 0. The molecule has 6 aromatic rings. The van der Waals surface area contributed by atoms with Crippen molar-refractivity contribution >= 4 is 110 Å². The Bertz CT molecular complexity index is 2570. The summed E-state index contributed by atoms with van der Waals surface area (Å²) in [7, 11) is -3.66. The Labute approximate surface area is 532 Å². The van der Waals surface area contributed by atoms with Gasteiger partial charge in [0.05, 0.1) is 0 Å². The topological polar surface area (TPSA) is 160 Å². The van der Waals surface area contributed by atoms with Crippen LogP contribution in [0.2, 0.25) is 39.3 Å². The van der Waals surface area contributed by atoms with Gasteiger partial charge < -0.3 is 41.6 Å². The van der Waals surface area contributed by atoms with E-state index in [1.807, 2.05) is 61.6 Å². The number of hydrogen-bond donors (Lipinski definition) is 4. The van der Waals surface area contributed by atoms with E-state index in [1.165, 1.54) is 40.0 Å². The van der Waals surface area contributed by atoms with Gasteiger partial charge >= 0.3 is 49.7 Å². The second kappa shape index (κ2) is 43.2. The van der Waals surface area contributed by atoms with Crippen LogP contribution in [0.15, 0.2) is 187 Å². The molecule has 428 valence electrons. The zero-order valence-corrected chi connectivity index (χ0v) is 56.0. The van der Waals surface area contributed by atoms with E-state index in [4.69, 9.17) is 58.2 Å². The van der Waals surface area contributed by atoms with Gasteiger partial charge in [0.15, 0.2) is 0 Å². The van der Waals surface area contributed by atoms with Crippen LogP contribution in [0.1, 0.15) is 53.4 Å². The van der Waals surface area contributed by atoms with Crippen LogP contribution in [0, 0.1) is 13.0 Å². The molecular weight excluding hydrogens is 1190 g/mol. The maximum atomic E-state index is 11.6. The Hall–Kier alpha value is -4.49. The van der Waals surface area contributed by atoms with Gasteiger partial charge in [-0.25, -0.2) is 9.59 Å². The van der Waals surface area contributed by atoms with Gasteiger partial charge in [0.25, 0.3) is 0 Å². The molecule has 1 fully saturated rings. The van der Waals surface area contributed by atoms with Crippen LogP contribution in [0.4, 0.5) is 0 Å². The minimum atomic E-state index is -1.94. The van der Waals surface area contributed by atoms with Crippen molar-refractivity contribution in [2.45, 2.75) is 92.7 Å². The van der Waals surface area contributed by atoms with E-state index in [1.54, 1.807) is 118 Å². The average Bonchev–Trinajstić information content (AvgIpc) is 3.99. The van der Waals surface area contributed by atoms with Crippen molar-refractivity contribution in [1.82, 2.24) is 0 Å². The summed E-state index contributed by atoms with van der Waals surface area (Å²) in [4.78, 5) is 33.0. The number of rotatable bonds is 10. The van der Waals surface area contributed by atoms with Gasteiger partial charge in [-0.2, -0.15) is 24.6 Å². The third kappa shape index (κ3) is 38.1. The van der Waals surface area contributed by atoms with Crippen LogP contribution in [0.3, 0.4) is 0 Å². The van der Waals surface area contributed by atoms with Crippen molar-refractivity contribution in [3.63, 3.8) is 0 Å². The fraction of sp³-hybridized carbons (Fsp3) is 0.258. The molecule has 0 radical (unpaired) electrons. The maximum absolute atomic E-state index is 11.6. The van der Waals surface area contributed by atoms with Crippen molar-refractivity contribution in [3.05, 3.63) is 200 Å². The Morgan fingerprint density at radius 3 is 0.988 bits per heavy atom. The largest absolute Gasteiger partial charge is 1.00 e. The van der Waals surface area contributed by atoms with E-state index >= 15 is 0 Å². The van der Waals surface area contributed by atoms with Gasteiger partial charge in [0.2, 0.25) is 11.9 Å². The van der Waals surface area contributed by atoms with Crippen molar-refractivity contribution in [3.8, 4) is 34.5 Å². The molecule has 1 aliphatic rings. The molecule has 4 N–H and O–H groups in total. The van der Waals surface area contributed by atoms with Crippen LogP contribution >= 0.6 is 49.7 Å². The zero-order chi connectivity index (χ0) is 60.4. The summed E-state index contributed by atoms with van der Waals surface area (Å²) < 4.78 is 16.4. The number of unbranched alkanes of at least 4 members (excludes halogenated alkanes) is 1. The SMILES string of the molecule is C1CCOC1.C=C(C)C(=O)Cl.C=C(C)C(=O)Oc1ccc([Si](C)(C)c2ccc(OC(=O)C(=C)C)cc2)cc1.C[Si](C)(Cl)Cl.C[Si](C)(c1ccc(O)cc1)c1ccc(O)cc1.Oc1cc[c-]cc1.Oc1ccc(Br)cc1.[CH2-]CCC.[Li+].[Li+]. The summed E-state index contributed by atoms with van der Waals surface area (Å²) >= 11 is 19.0. The summed E-state index contributed by atoms with van der Waals surface area (Å²) in [6.45, 7) is 34.0. The molecule has 0 spiro atoms. The molecule has 0 aromatic heterocycles. The van der Waals surface area contributed by atoms with Crippen molar-refractivity contribution < 1.29 is 86.7 Å². The first kappa shape index (κ1) is 80.7. The number of allylic oxidation sites excluding steroid dienone is 1. The maximum Gasteiger partial charge on any atom is 1.00 e. The molecule has 19 heteroatoms. The molecule has 0 aliphatic carbocycles. The third-order valence-corrected chi connectivity index (χ3v) is 18.4. The number of phenols is 4. The number of carbonyl (C=O) groups is 3. The summed E-state index contributed by atoms with van der Waals surface area (Å²) in [6, 6.07) is 46.1. The second-order valence-corrected chi connectivity index (χ2v) is 38.0. The Kier molecular flexibility index (Phi) is 43.0. The van der Waals surface area contributed by atoms with Crippen molar-refractivity contribution in [1.29, 1.82) is 0 Å². The summed E-state index contributed by atoms with van der Waals surface area (Å²) in [5.41, 5.74) is 1.11. The molecule has 0 saturated carbocycles. The number of benzene rings is 6. The van der Waals surface area contributed by atoms with Crippen LogP contribution in [-0.4, -0.2) is 73.7 Å². The van der Waals surface area contributed by atoms with E-state index in [2.05, 4.69) is 81.8 Å².